The number of carbonyl (C=O) groups excluding carboxylic acids is 1. The molecule has 4 heteroatoms. The SMILES string of the molecule is O=C1OCC(c2ccc(Cl)s2)=C1c1ccccc1. The molecular formula is C14H9ClO2S. The molecule has 1 aromatic heterocycles. The highest BCUT2D eigenvalue weighted by Crippen LogP contribution is 2.37. The minimum atomic E-state index is -0.263. The third kappa shape index (κ3) is 1.96. The van der Waals surface area contributed by atoms with E-state index in [1.165, 1.54) is 11.3 Å². The third-order valence-electron chi connectivity index (χ3n) is 2.79. The minimum absolute atomic E-state index is 0.263. The molecule has 18 heavy (non-hydrogen) atoms. The van der Waals surface area contributed by atoms with Gasteiger partial charge in [-0.2, -0.15) is 0 Å². The molecule has 2 heterocycles. The standard InChI is InChI=1S/C14H9ClO2S/c15-12-7-6-11(18-12)10-8-17-14(16)13(10)9-4-2-1-3-5-9/h1-7H,8H2. The molecule has 0 bridgehead atoms. The number of carbonyl (C=O) groups is 1. The van der Waals surface area contributed by atoms with Crippen molar-refractivity contribution in [2.24, 2.45) is 0 Å². The molecule has 0 amide bonds. The highest BCUT2D eigenvalue weighted by molar-refractivity contribution is 7.17. The summed E-state index contributed by atoms with van der Waals surface area (Å²) in [6, 6.07) is 13.3. The average molecular weight is 277 g/mol. The maximum atomic E-state index is 11.9. The van der Waals surface area contributed by atoms with Crippen LogP contribution in [0.1, 0.15) is 10.4 Å². The van der Waals surface area contributed by atoms with Gasteiger partial charge in [0.05, 0.1) is 9.91 Å². The molecular weight excluding hydrogens is 268 g/mol. The summed E-state index contributed by atoms with van der Waals surface area (Å²) in [6.07, 6.45) is 0. The molecule has 0 saturated heterocycles. The van der Waals surface area contributed by atoms with Crippen LogP contribution in [0.25, 0.3) is 11.1 Å². The molecule has 0 spiro atoms. The fraction of sp³-hybridized carbons (Fsp3) is 0.0714. The number of cyclic esters (lactones) is 1. The Kier molecular flexibility index (Phi) is 2.94. The van der Waals surface area contributed by atoms with E-state index in [4.69, 9.17) is 16.3 Å². The molecule has 0 saturated carbocycles. The van der Waals surface area contributed by atoms with Gasteiger partial charge in [-0.25, -0.2) is 4.79 Å². The summed E-state index contributed by atoms with van der Waals surface area (Å²) in [6.45, 7) is 0.319. The van der Waals surface area contributed by atoms with Crippen LogP contribution in [0.3, 0.4) is 0 Å². The summed E-state index contributed by atoms with van der Waals surface area (Å²) < 4.78 is 5.86. The van der Waals surface area contributed by atoms with E-state index in [-0.39, 0.29) is 5.97 Å². The quantitative estimate of drug-likeness (QED) is 0.779. The molecule has 0 fully saturated rings. The normalized spacial score (nSPS) is 15.1. The molecule has 0 N–H and O–H groups in total. The van der Waals surface area contributed by atoms with Crippen LogP contribution < -0.4 is 0 Å². The van der Waals surface area contributed by atoms with E-state index < -0.39 is 0 Å². The van der Waals surface area contributed by atoms with Crippen molar-refractivity contribution < 1.29 is 9.53 Å². The monoisotopic (exact) mass is 276 g/mol. The van der Waals surface area contributed by atoms with Gasteiger partial charge in [0.25, 0.3) is 0 Å². The number of hydrogen-bond donors (Lipinski definition) is 0. The van der Waals surface area contributed by atoms with Crippen molar-refractivity contribution in [3.63, 3.8) is 0 Å². The van der Waals surface area contributed by atoms with Gasteiger partial charge >= 0.3 is 5.97 Å². The van der Waals surface area contributed by atoms with Gasteiger partial charge in [-0.1, -0.05) is 41.9 Å². The second kappa shape index (κ2) is 4.59. The highest BCUT2D eigenvalue weighted by atomic mass is 35.5. The predicted octanol–water partition coefficient (Wildman–Crippen LogP) is 3.87. The molecule has 1 aliphatic rings. The topological polar surface area (TPSA) is 26.3 Å². The Hall–Kier alpha value is -1.58. The van der Waals surface area contributed by atoms with E-state index in [0.717, 1.165) is 16.0 Å². The smallest absolute Gasteiger partial charge is 0.339 e. The zero-order valence-electron chi connectivity index (χ0n) is 9.35. The van der Waals surface area contributed by atoms with E-state index in [1.54, 1.807) is 0 Å². The van der Waals surface area contributed by atoms with E-state index in [1.807, 2.05) is 42.5 Å². The zero-order valence-corrected chi connectivity index (χ0v) is 10.9. The molecule has 90 valence electrons. The van der Waals surface area contributed by atoms with Gasteiger partial charge in [0.2, 0.25) is 0 Å². The van der Waals surface area contributed by atoms with Crippen LogP contribution in [0, 0.1) is 0 Å². The summed E-state index contributed by atoms with van der Waals surface area (Å²) >= 11 is 7.40. The first-order chi connectivity index (χ1) is 8.75. The summed E-state index contributed by atoms with van der Waals surface area (Å²) in [4.78, 5) is 12.8. The largest absolute Gasteiger partial charge is 0.457 e. The van der Waals surface area contributed by atoms with Crippen LogP contribution in [0.15, 0.2) is 42.5 Å². The van der Waals surface area contributed by atoms with Crippen LogP contribution >= 0.6 is 22.9 Å². The van der Waals surface area contributed by atoms with Crippen molar-refractivity contribution in [2.45, 2.75) is 0 Å². The number of halogens is 1. The van der Waals surface area contributed by atoms with Crippen molar-refractivity contribution in [3.05, 3.63) is 57.2 Å². The van der Waals surface area contributed by atoms with Crippen LogP contribution in [0.2, 0.25) is 4.34 Å². The van der Waals surface area contributed by atoms with Crippen molar-refractivity contribution in [2.75, 3.05) is 6.61 Å². The van der Waals surface area contributed by atoms with Gasteiger partial charge in [-0.15, -0.1) is 11.3 Å². The molecule has 2 aromatic rings. The second-order valence-electron chi connectivity index (χ2n) is 3.90. The fourth-order valence-corrected chi connectivity index (χ4v) is 3.05. The van der Waals surface area contributed by atoms with Gasteiger partial charge in [-0.05, 0) is 17.7 Å². The third-order valence-corrected chi connectivity index (χ3v) is 4.08. The lowest BCUT2D eigenvalue weighted by Crippen LogP contribution is -1.98. The van der Waals surface area contributed by atoms with Gasteiger partial charge in [-0.3, -0.25) is 0 Å². The average Bonchev–Trinajstić information content (AvgIpc) is 2.96. The number of thiophene rings is 1. The molecule has 0 aliphatic carbocycles. The van der Waals surface area contributed by atoms with E-state index in [2.05, 4.69) is 0 Å². The molecule has 1 aliphatic heterocycles. The molecule has 3 rings (SSSR count). The number of benzene rings is 1. The van der Waals surface area contributed by atoms with E-state index in [9.17, 15) is 4.79 Å². The molecule has 0 unspecified atom stereocenters. The van der Waals surface area contributed by atoms with Crippen LogP contribution in [-0.4, -0.2) is 12.6 Å². The van der Waals surface area contributed by atoms with E-state index >= 15 is 0 Å². The molecule has 1 aromatic carbocycles. The van der Waals surface area contributed by atoms with Crippen molar-refractivity contribution >= 4 is 40.1 Å². The Morgan fingerprint density at radius 1 is 1.11 bits per heavy atom. The number of hydrogen-bond acceptors (Lipinski definition) is 3. The lowest BCUT2D eigenvalue weighted by Gasteiger charge is -2.01. The number of esters is 1. The Labute approximate surface area is 113 Å². The van der Waals surface area contributed by atoms with Crippen molar-refractivity contribution in [3.8, 4) is 0 Å². The molecule has 0 atom stereocenters. The molecule has 2 nitrogen and oxygen atoms in total. The number of rotatable bonds is 2. The predicted molar refractivity (Wildman–Crippen MR) is 73.5 cm³/mol. The Balaban J connectivity index is 2.15. The first-order valence-corrected chi connectivity index (χ1v) is 6.66. The Morgan fingerprint density at radius 3 is 2.56 bits per heavy atom. The first kappa shape index (κ1) is 11.5. The minimum Gasteiger partial charge on any atom is -0.457 e. The lowest BCUT2D eigenvalue weighted by atomic mass is 10.0. The van der Waals surface area contributed by atoms with Crippen LogP contribution in [0.4, 0.5) is 0 Å². The van der Waals surface area contributed by atoms with Crippen molar-refractivity contribution in [1.82, 2.24) is 0 Å². The fourth-order valence-electron chi connectivity index (χ4n) is 1.97. The lowest BCUT2D eigenvalue weighted by molar-refractivity contribution is -0.133. The van der Waals surface area contributed by atoms with E-state index in [0.29, 0.717) is 16.5 Å². The second-order valence-corrected chi connectivity index (χ2v) is 5.61. The maximum Gasteiger partial charge on any atom is 0.339 e. The first-order valence-electron chi connectivity index (χ1n) is 5.47. The summed E-state index contributed by atoms with van der Waals surface area (Å²) in [5.41, 5.74) is 2.46. The zero-order chi connectivity index (χ0) is 12.5. The molecule has 0 radical (unpaired) electrons. The summed E-state index contributed by atoms with van der Waals surface area (Å²) in [7, 11) is 0. The van der Waals surface area contributed by atoms with Gasteiger partial charge in [0.1, 0.15) is 6.61 Å². The van der Waals surface area contributed by atoms with Crippen molar-refractivity contribution in [1.29, 1.82) is 0 Å². The Bertz CT molecular complexity index is 628. The highest BCUT2D eigenvalue weighted by Gasteiger charge is 2.27. The number of ether oxygens (including phenoxy) is 1. The summed E-state index contributed by atoms with van der Waals surface area (Å²) in [5, 5.41) is 0. The van der Waals surface area contributed by atoms with Crippen LogP contribution in [-0.2, 0) is 9.53 Å². The van der Waals surface area contributed by atoms with Gasteiger partial charge in [0.15, 0.2) is 0 Å². The van der Waals surface area contributed by atoms with Gasteiger partial charge < -0.3 is 4.74 Å². The van der Waals surface area contributed by atoms with Gasteiger partial charge in [0, 0.05) is 10.5 Å². The van der Waals surface area contributed by atoms with Crippen LogP contribution in [0.5, 0.6) is 0 Å². The summed E-state index contributed by atoms with van der Waals surface area (Å²) in [5.74, 6) is -0.263. The maximum absolute atomic E-state index is 11.9. The Morgan fingerprint density at radius 2 is 1.89 bits per heavy atom.